The number of rotatable bonds is 9. The molecule has 22 heavy (non-hydrogen) atoms. The molecule has 0 bridgehead atoms. The van der Waals surface area contributed by atoms with Crippen molar-refractivity contribution >= 4 is 18.2 Å². The van der Waals surface area contributed by atoms with Gasteiger partial charge in [-0.15, -0.1) is 0 Å². The van der Waals surface area contributed by atoms with Crippen molar-refractivity contribution in [3.63, 3.8) is 0 Å². The molecule has 118 valence electrons. The van der Waals surface area contributed by atoms with Crippen LogP contribution >= 0.6 is 0 Å². The molecule has 0 saturated carbocycles. The summed E-state index contributed by atoms with van der Waals surface area (Å²) in [6.45, 7) is 5.29. The van der Waals surface area contributed by atoms with Crippen LogP contribution in [0.1, 0.15) is 13.3 Å². The number of carbonyl (C=O) groups is 3. The minimum Gasteiger partial charge on any atom is -0.490 e. The van der Waals surface area contributed by atoms with Crippen LogP contribution in [0, 0.1) is 5.92 Å². The van der Waals surface area contributed by atoms with Crippen molar-refractivity contribution in [3.05, 3.63) is 36.9 Å². The van der Waals surface area contributed by atoms with Crippen molar-refractivity contribution in [1.82, 2.24) is 0 Å². The zero-order valence-electron chi connectivity index (χ0n) is 12.3. The van der Waals surface area contributed by atoms with Gasteiger partial charge >= 0.3 is 11.9 Å². The third-order valence-electron chi connectivity index (χ3n) is 2.60. The van der Waals surface area contributed by atoms with Crippen molar-refractivity contribution in [3.8, 4) is 11.5 Å². The monoisotopic (exact) mass is 306 g/mol. The third-order valence-corrected chi connectivity index (χ3v) is 2.60. The minimum absolute atomic E-state index is 0.198. The molecule has 0 aliphatic heterocycles. The van der Waals surface area contributed by atoms with E-state index in [1.807, 2.05) is 6.92 Å². The Morgan fingerprint density at radius 1 is 1.27 bits per heavy atom. The van der Waals surface area contributed by atoms with E-state index in [-0.39, 0.29) is 18.8 Å². The van der Waals surface area contributed by atoms with Gasteiger partial charge < -0.3 is 19.0 Å². The van der Waals surface area contributed by atoms with Crippen LogP contribution in [0.2, 0.25) is 0 Å². The topological polar surface area (TPSA) is 78.9 Å². The Labute approximate surface area is 128 Å². The second-order valence-electron chi connectivity index (χ2n) is 4.29. The maximum atomic E-state index is 11.9. The molecule has 1 unspecified atom stereocenters. The fraction of sp³-hybridized carbons (Fsp3) is 0.312. The summed E-state index contributed by atoms with van der Waals surface area (Å²) < 4.78 is 15.3. The van der Waals surface area contributed by atoms with Crippen LogP contribution in [0.4, 0.5) is 0 Å². The molecule has 0 fully saturated rings. The number of benzene rings is 1. The number of hydrogen-bond acceptors (Lipinski definition) is 6. The number of hydrogen-bond donors (Lipinski definition) is 0. The Kier molecular flexibility index (Phi) is 7.39. The fourth-order valence-electron chi connectivity index (χ4n) is 1.58. The van der Waals surface area contributed by atoms with Gasteiger partial charge in [-0.2, -0.15) is 0 Å². The summed E-state index contributed by atoms with van der Waals surface area (Å²) in [7, 11) is 0. The molecule has 0 saturated heterocycles. The summed E-state index contributed by atoms with van der Waals surface area (Å²) in [5.41, 5.74) is 0. The number of ether oxygens (including phenoxy) is 3. The van der Waals surface area contributed by atoms with Gasteiger partial charge in [0.1, 0.15) is 12.9 Å². The molecule has 0 amide bonds. The fourth-order valence-corrected chi connectivity index (χ4v) is 1.58. The predicted molar refractivity (Wildman–Crippen MR) is 78.6 cm³/mol. The van der Waals surface area contributed by atoms with Gasteiger partial charge in [-0.1, -0.05) is 18.7 Å². The van der Waals surface area contributed by atoms with Gasteiger partial charge in [-0.3, -0.25) is 4.79 Å². The van der Waals surface area contributed by atoms with Crippen LogP contribution in [0.15, 0.2) is 36.9 Å². The van der Waals surface area contributed by atoms with Gasteiger partial charge in [0.25, 0.3) is 0 Å². The highest BCUT2D eigenvalue weighted by Gasteiger charge is 2.18. The summed E-state index contributed by atoms with van der Waals surface area (Å²) in [4.78, 5) is 33.7. The van der Waals surface area contributed by atoms with Crippen molar-refractivity contribution in [2.24, 2.45) is 5.92 Å². The SMILES string of the molecule is C=CC(=O)OCC(C=O)CC(=O)Oc1ccccc1OCC. The lowest BCUT2D eigenvalue weighted by atomic mass is 10.1. The third kappa shape index (κ3) is 5.78. The van der Waals surface area contributed by atoms with Gasteiger partial charge in [0.2, 0.25) is 0 Å². The number of aldehydes is 1. The quantitative estimate of drug-likeness (QED) is 0.300. The molecule has 1 rings (SSSR count). The highest BCUT2D eigenvalue weighted by molar-refractivity contribution is 5.81. The first-order valence-corrected chi connectivity index (χ1v) is 6.77. The van der Waals surface area contributed by atoms with Crippen molar-refractivity contribution < 1.29 is 28.6 Å². The average Bonchev–Trinajstić information content (AvgIpc) is 2.53. The average molecular weight is 306 g/mol. The zero-order valence-corrected chi connectivity index (χ0v) is 12.3. The van der Waals surface area contributed by atoms with E-state index in [4.69, 9.17) is 14.2 Å². The van der Waals surface area contributed by atoms with Gasteiger partial charge in [-0.05, 0) is 19.1 Å². The molecule has 0 radical (unpaired) electrons. The van der Waals surface area contributed by atoms with Crippen LogP contribution in [0.25, 0.3) is 0 Å². The van der Waals surface area contributed by atoms with Gasteiger partial charge in [0.05, 0.1) is 18.9 Å². The first-order valence-electron chi connectivity index (χ1n) is 6.77. The summed E-state index contributed by atoms with van der Waals surface area (Å²) >= 11 is 0. The molecular formula is C16H18O6. The molecule has 6 nitrogen and oxygen atoms in total. The highest BCUT2D eigenvalue weighted by atomic mass is 16.6. The Balaban J connectivity index is 2.59. The second kappa shape index (κ2) is 9.33. The van der Waals surface area contributed by atoms with Gasteiger partial charge in [0, 0.05) is 6.08 Å². The number of esters is 2. The van der Waals surface area contributed by atoms with E-state index >= 15 is 0 Å². The van der Waals surface area contributed by atoms with Gasteiger partial charge in [-0.25, -0.2) is 4.79 Å². The molecule has 1 aromatic rings. The zero-order chi connectivity index (χ0) is 16.4. The predicted octanol–water partition coefficient (Wildman–Crippen LogP) is 1.93. The molecule has 1 atom stereocenters. The molecule has 0 heterocycles. The van der Waals surface area contributed by atoms with E-state index < -0.39 is 17.9 Å². The van der Waals surface area contributed by atoms with E-state index in [1.54, 1.807) is 24.3 Å². The summed E-state index contributed by atoms with van der Waals surface area (Å²) in [5.74, 6) is -1.31. The standard InChI is InChI=1S/C16H18O6/c1-3-15(18)21-11-12(10-17)9-16(19)22-14-8-6-5-7-13(14)20-4-2/h3,5-8,10,12H,1,4,9,11H2,2H3. The Morgan fingerprint density at radius 3 is 2.55 bits per heavy atom. The smallest absolute Gasteiger partial charge is 0.330 e. The lowest BCUT2D eigenvalue weighted by molar-refractivity contribution is -0.143. The Morgan fingerprint density at radius 2 is 1.95 bits per heavy atom. The first-order chi connectivity index (χ1) is 10.6. The first kappa shape index (κ1) is 17.4. The molecule has 6 heteroatoms. The second-order valence-corrected chi connectivity index (χ2v) is 4.29. The van der Waals surface area contributed by atoms with Crippen molar-refractivity contribution in [1.29, 1.82) is 0 Å². The van der Waals surface area contributed by atoms with E-state index in [0.717, 1.165) is 6.08 Å². The van der Waals surface area contributed by atoms with Crippen LogP contribution in [0.5, 0.6) is 11.5 Å². The largest absolute Gasteiger partial charge is 0.490 e. The molecule has 0 aliphatic rings. The summed E-state index contributed by atoms with van der Waals surface area (Å²) in [5, 5.41) is 0. The van der Waals surface area contributed by atoms with Crippen LogP contribution in [0.3, 0.4) is 0 Å². The Hall–Kier alpha value is -2.63. The lowest BCUT2D eigenvalue weighted by Gasteiger charge is -2.12. The minimum atomic E-state index is -0.768. The molecule has 0 N–H and O–H groups in total. The Bertz CT molecular complexity index is 537. The normalized spacial score (nSPS) is 11.1. The van der Waals surface area contributed by atoms with E-state index in [2.05, 4.69) is 6.58 Å². The highest BCUT2D eigenvalue weighted by Crippen LogP contribution is 2.26. The maximum absolute atomic E-state index is 11.9. The molecule has 0 aromatic heterocycles. The van der Waals surface area contributed by atoms with E-state index in [9.17, 15) is 14.4 Å². The lowest BCUT2D eigenvalue weighted by Crippen LogP contribution is -2.20. The van der Waals surface area contributed by atoms with E-state index in [0.29, 0.717) is 18.6 Å². The molecule has 1 aromatic carbocycles. The number of para-hydroxylation sites is 2. The van der Waals surface area contributed by atoms with Crippen LogP contribution in [-0.4, -0.2) is 31.4 Å². The summed E-state index contributed by atoms with van der Waals surface area (Å²) in [6, 6.07) is 6.73. The van der Waals surface area contributed by atoms with Crippen molar-refractivity contribution in [2.45, 2.75) is 13.3 Å². The molecule has 0 aliphatic carbocycles. The van der Waals surface area contributed by atoms with Crippen LogP contribution in [-0.2, 0) is 19.1 Å². The maximum Gasteiger partial charge on any atom is 0.330 e. The number of carbonyl (C=O) groups excluding carboxylic acids is 3. The molecular weight excluding hydrogens is 288 g/mol. The molecule has 0 spiro atoms. The van der Waals surface area contributed by atoms with Crippen LogP contribution < -0.4 is 9.47 Å². The van der Waals surface area contributed by atoms with E-state index in [1.165, 1.54) is 0 Å². The summed E-state index contributed by atoms with van der Waals surface area (Å²) in [6.07, 6.45) is 1.33. The van der Waals surface area contributed by atoms with Crippen molar-refractivity contribution in [2.75, 3.05) is 13.2 Å². The van der Waals surface area contributed by atoms with Gasteiger partial charge in [0.15, 0.2) is 11.5 Å².